The number of benzene rings is 2. The quantitative estimate of drug-likeness (QED) is 0.942. The van der Waals surface area contributed by atoms with Gasteiger partial charge >= 0.3 is 0 Å². The fourth-order valence-corrected chi connectivity index (χ4v) is 2.92. The van der Waals surface area contributed by atoms with Gasteiger partial charge in [-0.15, -0.1) is 0 Å². The summed E-state index contributed by atoms with van der Waals surface area (Å²) in [6, 6.07) is 12.2. The molecule has 24 heavy (non-hydrogen) atoms. The zero-order chi connectivity index (χ0) is 17.1. The Hall–Kier alpha value is -2.40. The minimum absolute atomic E-state index is 0.114. The highest BCUT2D eigenvalue weighted by atomic mass is 19.1. The average molecular weight is 328 g/mol. The summed E-state index contributed by atoms with van der Waals surface area (Å²) >= 11 is 0. The molecule has 2 aromatic rings. The minimum atomic E-state index is -0.497. The van der Waals surface area contributed by atoms with E-state index in [4.69, 9.17) is 10.5 Å². The van der Waals surface area contributed by atoms with Crippen LogP contribution in [0.4, 0.5) is 4.39 Å². The van der Waals surface area contributed by atoms with Crippen LogP contribution >= 0.6 is 0 Å². The predicted molar refractivity (Wildman–Crippen MR) is 91.5 cm³/mol. The molecule has 2 aromatic carbocycles. The molecule has 0 saturated carbocycles. The van der Waals surface area contributed by atoms with Gasteiger partial charge in [-0.25, -0.2) is 4.39 Å². The molecule has 0 radical (unpaired) electrons. The number of methoxy groups -OCH3 is 1. The lowest BCUT2D eigenvalue weighted by atomic mass is 10.0. The number of halogens is 1. The van der Waals surface area contributed by atoms with E-state index in [1.807, 2.05) is 24.3 Å². The monoisotopic (exact) mass is 328 g/mol. The molecule has 0 atom stereocenters. The number of carbonyl (C=O) groups is 1. The second-order valence-corrected chi connectivity index (χ2v) is 6.05. The molecule has 0 spiro atoms. The molecule has 0 aliphatic carbocycles. The number of nitrogens with two attached hydrogens (primary N) is 1. The summed E-state index contributed by atoms with van der Waals surface area (Å²) in [6.07, 6.45) is 1.52. The first-order valence-electron chi connectivity index (χ1n) is 8.07. The van der Waals surface area contributed by atoms with Crippen LogP contribution in [0.5, 0.6) is 5.75 Å². The fraction of sp³-hybridized carbons (Fsp3) is 0.316. The van der Waals surface area contributed by atoms with E-state index in [0.29, 0.717) is 13.1 Å². The van der Waals surface area contributed by atoms with Crippen LogP contribution in [0.25, 0.3) is 11.1 Å². The van der Waals surface area contributed by atoms with Crippen molar-refractivity contribution in [3.05, 3.63) is 53.8 Å². The number of piperidine rings is 1. The molecule has 0 unspecified atom stereocenters. The maximum absolute atomic E-state index is 14.5. The Morgan fingerprint density at radius 1 is 1.12 bits per heavy atom. The van der Waals surface area contributed by atoms with Gasteiger partial charge < -0.3 is 15.4 Å². The Morgan fingerprint density at radius 2 is 1.75 bits per heavy atom. The van der Waals surface area contributed by atoms with Crippen molar-refractivity contribution < 1.29 is 13.9 Å². The predicted octanol–water partition coefficient (Wildman–Crippen LogP) is 3.06. The summed E-state index contributed by atoms with van der Waals surface area (Å²) in [7, 11) is 1.60. The first-order valence-corrected chi connectivity index (χ1v) is 8.07. The summed E-state index contributed by atoms with van der Waals surface area (Å²) < 4.78 is 19.6. The summed E-state index contributed by atoms with van der Waals surface area (Å²) in [5.74, 6) is -0.0156. The minimum Gasteiger partial charge on any atom is -0.497 e. The van der Waals surface area contributed by atoms with Gasteiger partial charge in [0.25, 0.3) is 5.91 Å². The normalized spacial score (nSPS) is 15.4. The molecule has 0 aromatic heterocycles. The van der Waals surface area contributed by atoms with Crippen molar-refractivity contribution in [1.29, 1.82) is 0 Å². The third-order valence-electron chi connectivity index (χ3n) is 4.45. The number of hydrogen-bond acceptors (Lipinski definition) is 3. The molecule has 126 valence electrons. The molecule has 4 nitrogen and oxygen atoms in total. The van der Waals surface area contributed by atoms with E-state index in [9.17, 15) is 9.18 Å². The van der Waals surface area contributed by atoms with Crippen molar-refractivity contribution in [3.8, 4) is 16.9 Å². The fourth-order valence-electron chi connectivity index (χ4n) is 2.92. The third-order valence-corrected chi connectivity index (χ3v) is 4.45. The molecule has 0 bridgehead atoms. The van der Waals surface area contributed by atoms with Gasteiger partial charge in [-0.2, -0.15) is 0 Å². The highest BCUT2D eigenvalue weighted by molar-refractivity contribution is 5.95. The van der Waals surface area contributed by atoms with Gasteiger partial charge in [-0.1, -0.05) is 18.2 Å². The van der Waals surface area contributed by atoms with Crippen molar-refractivity contribution in [2.24, 2.45) is 5.73 Å². The highest BCUT2D eigenvalue weighted by Crippen LogP contribution is 2.25. The molecule has 3 rings (SSSR count). The average Bonchev–Trinajstić information content (AvgIpc) is 2.62. The van der Waals surface area contributed by atoms with E-state index in [2.05, 4.69) is 0 Å². The lowest BCUT2D eigenvalue weighted by Crippen LogP contribution is -2.43. The van der Waals surface area contributed by atoms with Gasteiger partial charge in [-0.05, 0) is 48.2 Å². The molecular weight excluding hydrogens is 307 g/mol. The summed E-state index contributed by atoms with van der Waals surface area (Å²) in [5, 5.41) is 0. The summed E-state index contributed by atoms with van der Waals surface area (Å²) in [5.41, 5.74) is 7.57. The molecule has 1 aliphatic heterocycles. The largest absolute Gasteiger partial charge is 0.497 e. The number of nitrogens with zero attached hydrogens (tertiary/aromatic N) is 1. The molecule has 1 saturated heterocycles. The standard InChI is InChI=1S/C19H21FN2O2/c1-24-16-5-2-13(3-6-16)14-4-7-17(18(20)12-14)19(23)22-10-8-15(21)9-11-22/h2-7,12,15H,8-11,21H2,1H3. The number of likely N-dealkylation sites (tertiary alicyclic amines) is 1. The molecule has 1 heterocycles. The van der Waals surface area contributed by atoms with E-state index in [1.165, 1.54) is 6.07 Å². The maximum Gasteiger partial charge on any atom is 0.256 e. The lowest BCUT2D eigenvalue weighted by molar-refractivity contribution is 0.0710. The van der Waals surface area contributed by atoms with Crippen molar-refractivity contribution in [2.45, 2.75) is 18.9 Å². The third kappa shape index (κ3) is 3.41. The van der Waals surface area contributed by atoms with E-state index >= 15 is 0 Å². The van der Waals surface area contributed by atoms with Crippen LogP contribution in [0.3, 0.4) is 0 Å². The molecule has 5 heteroatoms. The van der Waals surface area contributed by atoms with Gasteiger partial charge in [0.15, 0.2) is 0 Å². The van der Waals surface area contributed by atoms with Gasteiger partial charge in [0.05, 0.1) is 12.7 Å². The van der Waals surface area contributed by atoms with Crippen molar-refractivity contribution in [2.75, 3.05) is 20.2 Å². The van der Waals surface area contributed by atoms with Crippen LogP contribution in [0.15, 0.2) is 42.5 Å². The number of carbonyl (C=O) groups excluding carboxylic acids is 1. The van der Waals surface area contributed by atoms with Gasteiger partial charge in [-0.3, -0.25) is 4.79 Å². The van der Waals surface area contributed by atoms with E-state index in [1.54, 1.807) is 24.1 Å². The Labute approximate surface area is 141 Å². The molecule has 2 N–H and O–H groups in total. The Morgan fingerprint density at radius 3 is 2.33 bits per heavy atom. The van der Waals surface area contributed by atoms with Crippen LogP contribution in [-0.2, 0) is 0 Å². The summed E-state index contributed by atoms with van der Waals surface area (Å²) in [6.45, 7) is 1.17. The number of rotatable bonds is 3. The van der Waals surface area contributed by atoms with Crippen LogP contribution in [-0.4, -0.2) is 37.0 Å². The van der Waals surface area contributed by atoms with Crippen molar-refractivity contribution in [1.82, 2.24) is 4.90 Å². The molecule has 1 amide bonds. The summed E-state index contributed by atoms with van der Waals surface area (Å²) in [4.78, 5) is 14.2. The van der Waals surface area contributed by atoms with E-state index in [0.717, 1.165) is 29.7 Å². The Bertz CT molecular complexity index is 723. The Balaban J connectivity index is 1.80. The van der Waals surface area contributed by atoms with Crippen LogP contribution in [0, 0.1) is 5.82 Å². The second kappa shape index (κ2) is 7.01. The van der Waals surface area contributed by atoms with E-state index in [-0.39, 0.29) is 17.5 Å². The SMILES string of the molecule is COc1ccc(-c2ccc(C(=O)N3CCC(N)CC3)c(F)c2)cc1. The molecule has 1 fully saturated rings. The van der Waals surface area contributed by atoms with Crippen LogP contribution in [0.1, 0.15) is 23.2 Å². The van der Waals surface area contributed by atoms with E-state index < -0.39 is 5.82 Å². The maximum atomic E-state index is 14.5. The first kappa shape index (κ1) is 16.5. The van der Waals surface area contributed by atoms with Gasteiger partial charge in [0.2, 0.25) is 0 Å². The van der Waals surface area contributed by atoms with Gasteiger partial charge in [0.1, 0.15) is 11.6 Å². The van der Waals surface area contributed by atoms with Gasteiger partial charge in [0, 0.05) is 19.1 Å². The molecular formula is C19H21FN2O2. The zero-order valence-corrected chi connectivity index (χ0v) is 13.7. The number of hydrogen-bond donors (Lipinski definition) is 1. The topological polar surface area (TPSA) is 55.6 Å². The van der Waals surface area contributed by atoms with Crippen molar-refractivity contribution in [3.63, 3.8) is 0 Å². The smallest absolute Gasteiger partial charge is 0.256 e. The van der Waals surface area contributed by atoms with Crippen molar-refractivity contribution >= 4 is 5.91 Å². The lowest BCUT2D eigenvalue weighted by Gasteiger charge is -2.30. The second-order valence-electron chi connectivity index (χ2n) is 6.05. The zero-order valence-electron chi connectivity index (χ0n) is 13.7. The first-order chi connectivity index (χ1) is 11.6. The van der Waals surface area contributed by atoms with Crippen LogP contribution in [0.2, 0.25) is 0 Å². The molecule has 1 aliphatic rings. The number of amides is 1. The Kier molecular flexibility index (Phi) is 4.81. The number of ether oxygens (including phenoxy) is 1. The van der Waals surface area contributed by atoms with Crippen LogP contribution < -0.4 is 10.5 Å². The highest BCUT2D eigenvalue weighted by Gasteiger charge is 2.23.